The van der Waals surface area contributed by atoms with Gasteiger partial charge in [-0.15, -0.1) is 10.1 Å². The predicted octanol–water partition coefficient (Wildman–Crippen LogP) is -2.58. The second-order valence-electron chi connectivity index (χ2n) is 1.29. The quantitative estimate of drug-likeness (QED) is 0.155. The van der Waals surface area contributed by atoms with Crippen molar-refractivity contribution in [2.45, 2.75) is 0 Å². The number of rotatable bonds is 2. The summed E-state index contributed by atoms with van der Waals surface area (Å²) in [5.41, 5.74) is 5.64. The van der Waals surface area contributed by atoms with Crippen molar-refractivity contribution >= 4 is 51.6 Å². The SMILES string of the molecule is NC(=O)NOP(=O)(O)O.O=[N+]([O-])O.[CaH2]. The van der Waals surface area contributed by atoms with E-state index in [9.17, 15) is 9.36 Å². The summed E-state index contributed by atoms with van der Waals surface area (Å²) < 4.78 is 13.2. The normalized spacial score (nSPS) is 8.71. The Morgan fingerprint density at radius 2 is 1.86 bits per heavy atom. The number of nitrogens with two attached hydrogens (primary N) is 1. The van der Waals surface area contributed by atoms with Crippen molar-refractivity contribution in [3.8, 4) is 0 Å². The zero-order valence-electron chi connectivity index (χ0n) is 5.85. The fourth-order valence-electron chi connectivity index (χ4n) is 0.104. The molecule has 0 unspecified atom stereocenters. The van der Waals surface area contributed by atoms with Crippen LogP contribution >= 0.6 is 7.82 Å². The van der Waals surface area contributed by atoms with Crippen LogP contribution in [0.25, 0.3) is 0 Å². The summed E-state index contributed by atoms with van der Waals surface area (Å²) in [4.78, 5) is 33.8. The van der Waals surface area contributed by atoms with Crippen molar-refractivity contribution in [2.24, 2.45) is 5.73 Å². The van der Waals surface area contributed by atoms with Crippen molar-refractivity contribution < 1.29 is 34.1 Å². The van der Waals surface area contributed by atoms with Crippen LogP contribution in [0.5, 0.6) is 0 Å². The van der Waals surface area contributed by atoms with Crippen LogP contribution in [-0.4, -0.2) is 63.9 Å². The first-order chi connectivity index (χ1) is 5.65. The van der Waals surface area contributed by atoms with Crippen LogP contribution in [0.1, 0.15) is 0 Å². The van der Waals surface area contributed by atoms with Crippen molar-refractivity contribution in [1.82, 2.24) is 5.48 Å². The number of hydrogen-bond donors (Lipinski definition) is 5. The van der Waals surface area contributed by atoms with Crippen molar-refractivity contribution in [3.63, 3.8) is 0 Å². The molecule has 0 aromatic carbocycles. The number of nitrogens with one attached hydrogen (secondary N) is 1. The summed E-state index contributed by atoms with van der Waals surface area (Å²) in [7, 11) is -4.63. The minimum absolute atomic E-state index is 0. The number of hydroxylamine groups is 1. The molecule has 0 bridgehead atoms. The van der Waals surface area contributed by atoms with Crippen LogP contribution < -0.4 is 11.2 Å². The Morgan fingerprint density at radius 3 is 1.93 bits per heavy atom. The molecule has 0 aromatic heterocycles. The van der Waals surface area contributed by atoms with Crippen LogP contribution in [0.2, 0.25) is 0 Å². The van der Waals surface area contributed by atoms with Gasteiger partial charge in [-0.05, 0) is 0 Å². The zero-order valence-corrected chi connectivity index (χ0v) is 6.75. The van der Waals surface area contributed by atoms with Gasteiger partial charge in [0.1, 0.15) is 0 Å². The van der Waals surface area contributed by atoms with Gasteiger partial charge < -0.3 is 20.7 Å². The Morgan fingerprint density at radius 1 is 1.57 bits per heavy atom. The number of primary amides is 1. The van der Waals surface area contributed by atoms with Gasteiger partial charge in [-0.3, -0.25) is 0 Å². The molecule has 0 aliphatic heterocycles. The molecule has 0 saturated heterocycles. The first kappa shape index (κ1) is 19.4. The van der Waals surface area contributed by atoms with Gasteiger partial charge in [0.25, 0.3) is 5.09 Å². The Balaban J connectivity index is -0.000000209. The summed E-state index contributed by atoms with van der Waals surface area (Å²) in [6.45, 7) is 0. The van der Waals surface area contributed by atoms with E-state index in [1.165, 1.54) is 5.48 Å². The summed E-state index contributed by atoms with van der Waals surface area (Å²) in [6.07, 6.45) is 0. The zero-order chi connectivity index (χ0) is 11.1. The standard InChI is InChI=1S/CH5N2O5P.Ca.HNO3.2H/c2-1(4)3-8-9(5,6)7;;2-1(3)4;;/h(H3,2,3,4)(H2,5,6,7);;(H,2,3,4);;. The molecule has 0 rings (SSSR count). The van der Waals surface area contributed by atoms with Crippen LogP contribution in [0.4, 0.5) is 4.79 Å². The Labute approximate surface area is 107 Å². The summed E-state index contributed by atoms with van der Waals surface area (Å²) in [5.74, 6) is 0. The van der Waals surface area contributed by atoms with Gasteiger partial charge in [0.15, 0.2) is 0 Å². The predicted molar refractivity (Wildman–Crippen MR) is 43.2 cm³/mol. The van der Waals surface area contributed by atoms with E-state index in [0.29, 0.717) is 0 Å². The van der Waals surface area contributed by atoms with E-state index in [-0.39, 0.29) is 37.7 Å². The molecule has 0 radical (unpaired) electrons. The number of carbonyl (C=O) groups is 1. The molecule has 6 N–H and O–H groups in total. The van der Waals surface area contributed by atoms with E-state index < -0.39 is 18.9 Å². The van der Waals surface area contributed by atoms with E-state index >= 15 is 0 Å². The molecule has 0 aliphatic rings. The Kier molecular flexibility index (Phi) is 13.0. The van der Waals surface area contributed by atoms with Gasteiger partial charge in [0.2, 0.25) is 0 Å². The molecule has 0 fully saturated rings. The van der Waals surface area contributed by atoms with Gasteiger partial charge in [-0.2, -0.15) is 4.62 Å². The molecule has 2 amide bonds. The van der Waals surface area contributed by atoms with Gasteiger partial charge in [-0.25, -0.2) is 14.8 Å². The molecule has 14 heavy (non-hydrogen) atoms. The number of carbonyl (C=O) groups excluding carboxylic acids is 1. The number of hydrogen-bond acceptors (Lipinski definition) is 5. The van der Waals surface area contributed by atoms with Crippen LogP contribution in [0, 0.1) is 10.1 Å². The third kappa shape index (κ3) is 40.8. The molecule has 0 atom stereocenters. The number of phosphoric acid groups is 1. The first-order valence-electron chi connectivity index (χ1n) is 2.28. The summed E-state index contributed by atoms with van der Waals surface area (Å²) in [6, 6.07) is -1.17. The van der Waals surface area contributed by atoms with Gasteiger partial charge in [0, 0.05) is 0 Å². The fraction of sp³-hybridized carbons (Fsp3) is 0. The molecular formula is CH8CaN3O8P. The van der Waals surface area contributed by atoms with E-state index in [4.69, 9.17) is 25.1 Å². The average molecular weight is 261 g/mol. The molecule has 82 valence electrons. The molecule has 0 aliphatic carbocycles. The van der Waals surface area contributed by atoms with E-state index in [1.54, 1.807) is 0 Å². The molecule has 0 spiro atoms. The Hall–Kier alpha value is -0.160. The van der Waals surface area contributed by atoms with E-state index in [0.717, 1.165) is 0 Å². The van der Waals surface area contributed by atoms with Crippen LogP contribution in [0.3, 0.4) is 0 Å². The van der Waals surface area contributed by atoms with E-state index in [2.05, 4.69) is 10.4 Å². The molecule has 11 nitrogen and oxygen atoms in total. The molecule has 0 heterocycles. The average Bonchev–Trinajstić information content (AvgIpc) is 1.80. The van der Waals surface area contributed by atoms with Crippen molar-refractivity contribution in [3.05, 3.63) is 10.1 Å². The summed E-state index contributed by atoms with van der Waals surface area (Å²) >= 11 is 0. The number of amides is 2. The van der Waals surface area contributed by atoms with Gasteiger partial charge >= 0.3 is 51.6 Å². The third-order valence-electron chi connectivity index (χ3n) is 0.265. The minimum atomic E-state index is -4.63. The Bertz CT molecular complexity index is 221. The maximum atomic E-state index is 9.74. The molecule has 13 heteroatoms. The number of urea groups is 1. The maximum absolute atomic E-state index is 9.74. The second-order valence-corrected chi connectivity index (χ2v) is 2.45. The second kappa shape index (κ2) is 9.40. The topological polar surface area (TPSA) is 185 Å². The van der Waals surface area contributed by atoms with Crippen LogP contribution in [-0.2, 0) is 9.19 Å². The summed E-state index contributed by atoms with van der Waals surface area (Å²) in [5, 5.41) is 13.6. The molecule has 0 saturated carbocycles. The van der Waals surface area contributed by atoms with Crippen LogP contribution in [0.15, 0.2) is 0 Å². The third-order valence-corrected chi connectivity index (χ3v) is 0.594. The molecule has 0 aromatic rings. The van der Waals surface area contributed by atoms with Crippen molar-refractivity contribution in [2.75, 3.05) is 0 Å². The van der Waals surface area contributed by atoms with Crippen molar-refractivity contribution in [1.29, 1.82) is 0 Å². The van der Waals surface area contributed by atoms with E-state index in [1.807, 2.05) is 0 Å². The number of nitrogens with zero attached hydrogens (tertiary/aromatic N) is 1. The van der Waals surface area contributed by atoms with Gasteiger partial charge in [-0.1, -0.05) is 0 Å². The molecular weight excluding hydrogens is 253 g/mol. The monoisotopic (exact) mass is 261 g/mol. The first-order valence-corrected chi connectivity index (χ1v) is 3.81. The van der Waals surface area contributed by atoms with Gasteiger partial charge in [0.05, 0.1) is 0 Å². The fourth-order valence-corrected chi connectivity index (χ4v) is 0.313.